The summed E-state index contributed by atoms with van der Waals surface area (Å²) in [7, 11) is 0. The fourth-order valence-corrected chi connectivity index (χ4v) is 4.00. The second-order valence-electron chi connectivity index (χ2n) is 3.71. The van der Waals surface area contributed by atoms with E-state index in [1.165, 1.54) is 0 Å². The van der Waals surface area contributed by atoms with Crippen LogP contribution in [-0.4, -0.2) is 68.5 Å². The molecule has 0 radical (unpaired) electrons. The van der Waals surface area contributed by atoms with Gasteiger partial charge in [-0.1, -0.05) is 0 Å². The maximum Gasteiger partial charge on any atom is 0.384 e. The lowest BCUT2D eigenvalue weighted by Gasteiger charge is -2.13. The highest BCUT2D eigenvalue weighted by molar-refractivity contribution is 8.54. The van der Waals surface area contributed by atoms with Crippen molar-refractivity contribution < 1.29 is 33.8 Å². The van der Waals surface area contributed by atoms with Crippen molar-refractivity contribution in [3.05, 3.63) is 0 Å². The minimum absolute atomic E-state index is 0.239. The summed E-state index contributed by atoms with van der Waals surface area (Å²) in [5.41, 5.74) is 0. The molecule has 0 saturated heterocycles. The molecule has 0 bridgehead atoms. The minimum atomic E-state index is -4.03. The molecule has 0 unspecified atom stereocenters. The lowest BCUT2D eigenvalue weighted by molar-refractivity contribution is 0.170. The fraction of sp³-hybridized carbons (Fsp3) is 1.00. The van der Waals surface area contributed by atoms with Crippen molar-refractivity contribution in [2.75, 3.05) is 37.7 Å². The zero-order chi connectivity index (χ0) is 15.6. The van der Waals surface area contributed by atoms with Crippen LogP contribution in [0.3, 0.4) is 0 Å². The van der Waals surface area contributed by atoms with Crippen LogP contribution in [0, 0.1) is 0 Å². The van der Waals surface area contributed by atoms with Gasteiger partial charge >= 0.3 is 13.6 Å². The molecule has 0 aromatic carbocycles. The van der Waals surface area contributed by atoms with E-state index in [0.29, 0.717) is 35.9 Å². The second-order valence-corrected chi connectivity index (χ2v) is 11.4. The predicted octanol–water partition coefficient (Wildman–Crippen LogP) is -0.822. The molecular weight excluding hydrogens is 350 g/mol. The number of rotatable bonds is 12. The first-order valence-corrected chi connectivity index (χ1v) is 12.0. The zero-order valence-electron chi connectivity index (χ0n) is 10.6. The van der Waals surface area contributed by atoms with Gasteiger partial charge in [0.1, 0.15) is 0 Å². The second kappa shape index (κ2) is 10.6. The molecule has 0 heterocycles. The van der Waals surface area contributed by atoms with E-state index in [1.807, 2.05) is 0 Å². The minimum Gasteiger partial charge on any atom is -0.390 e. The van der Waals surface area contributed by atoms with E-state index in [4.69, 9.17) is 19.6 Å². The molecule has 0 fully saturated rings. The van der Waals surface area contributed by atoms with Gasteiger partial charge in [-0.2, -0.15) is 0 Å². The molecule has 0 aromatic rings. The average Bonchev–Trinajstić information content (AvgIpc) is 2.25. The van der Waals surface area contributed by atoms with Crippen LogP contribution < -0.4 is 10.6 Å². The molecule has 0 aliphatic carbocycles. The highest BCUT2D eigenvalue weighted by Crippen LogP contribution is 2.50. The Morgan fingerprint density at radius 1 is 0.850 bits per heavy atom. The Morgan fingerprint density at radius 3 is 1.50 bits per heavy atom. The molecule has 7 N–H and O–H groups in total. The van der Waals surface area contributed by atoms with Crippen molar-refractivity contribution in [1.29, 1.82) is 0 Å². The summed E-state index contributed by atoms with van der Waals surface area (Å²) in [5.74, 6) is 0.479. The third-order valence-electron chi connectivity index (χ3n) is 1.84. The normalized spacial score (nSPS) is 13.1. The van der Waals surface area contributed by atoms with Crippen LogP contribution in [0.15, 0.2) is 0 Å². The lowest BCUT2D eigenvalue weighted by atomic mass is 10.3. The Balaban J connectivity index is 3.40. The molecule has 0 aliphatic heterocycles. The van der Waals surface area contributed by atoms with Gasteiger partial charge in [-0.25, -0.2) is 9.13 Å². The molecule has 0 spiro atoms. The number of hydrogen-bond acceptors (Lipinski definition) is 7. The van der Waals surface area contributed by atoms with Crippen molar-refractivity contribution in [3.63, 3.8) is 0 Å². The van der Waals surface area contributed by atoms with Gasteiger partial charge < -0.3 is 35.3 Å². The monoisotopic (exact) mass is 370 g/mol. The van der Waals surface area contributed by atoms with Gasteiger partial charge in [-0.15, -0.1) is 0 Å². The Hall–Kier alpha value is 0.880. The average molecular weight is 370 g/mol. The Morgan fingerprint density at radius 2 is 1.20 bits per heavy atom. The molecule has 0 saturated carbocycles. The number of nitrogens with one attached hydrogen (secondary N) is 2. The molecule has 0 rings (SSSR count). The van der Waals surface area contributed by atoms with Crippen LogP contribution >= 0.6 is 36.4 Å². The third kappa shape index (κ3) is 16.9. The molecular formula is C7H20N2O7P2S2. The van der Waals surface area contributed by atoms with E-state index in [1.54, 1.807) is 0 Å². The van der Waals surface area contributed by atoms with Gasteiger partial charge in [-0.05, 0) is 22.8 Å². The quantitative estimate of drug-likeness (QED) is 0.170. The zero-order valence-corrected chi connectivity index (χ0v) is 14.0. The summed E-state index contributed by atoms with van der Waals surface area (Å²) < 4.78 is 21.0. The van der Waals surface area contributed by atoms with Crippen LogP contribution in [0.5, 0.6) is 0 Å². The van der Waals surface area contributed by atoms with Crippen LogP contribution in [-0.2, 0) is 9.13 Å². The number of hydrogen-bond donors (Lipinski definition) is 7. The first-order valence-electron chi connectivity index (χ1n) is 5.60. The molecule has 0 atom stereocenters. The van der Waals surface area contributed by atoms with Crippen molar-refractivity contribution in [2.45, 2.75) is 6.10 Å². The molecule has 13 heteroatoms. The van der Waals surface area contributed by atoms with E-state index in [-0.39, 0.29) is 24.6 Å². The summed E-state index contributed by atoms with van der Waals surface area (Å²) in [4.78, 5) is 34.3. The van der Waals surface area contributed by atoms with Crippen molar-refractivity contribution in [1.82, 2.24) is 10.6 Å². The van der Waals surface area contributed by atoms with Crippen molar-refractivity contribution >= 4 is 36.4 Å². The van der Waals surface area contributed by atoms with Gasteiger partial charge in [-0.3, -0.25) is 0 Å². The third-order valence-corrected chi connectivity index (χ3v) is 6.40. The summed E-state index contributed by atoms with van der Waals surface area (Å²) in [5, 5.41) is 15.2. The van der Waals surface area contributed by atoms with E-state index in [9.17, 15) is 14.2 Å². The first-order chi connectivity index (χ1) is 9.10. The Labute approximate surface area is 125 Å². The molecule has 20 heavy (non-hydrogen) atoms. The van der Waals surface area contributed by atoms with E-state index in [2.05, 4.69) is 10.6 Å². The Kier molecular flexibility index (Phi) is 11.0. The summed E-state index contributed by atoms with van der Waals surface area (Å²) >= 11 is 1.08. The Bertz CT molecular complexity index is 318. The summed E-state index contributed by atoms with van der Waals surface area (Å²) in [6.45, 7) is -6.81. The van der Waals surface area contributed by atoms with Gasteiger partial charge in [0.15, 0.2) is 0 Å². The molecule has 0 aliphatic rings. The topological polar surface area (TPSA) is 159 Å². The summed E-state index contributed by atoms with van der Waals surface area (Å²) in [6, 6.07) is 0. The lowest BCUT2D eigenvalue weighted by Crippen LogP contribution is -2.36. The molecule has 0 amide bonds. The number of aliphatic hydroxyl groups excluding tert-OH is 1. The van der Waals surface area contributed by atoms with E-state index < -0.39 is 19.7 Å². The maximum atomic E-state index is 10.5. The van der Waals surface area contributed by atoms with E-state index in [0.717, 1.165) is 0 Å². The highest BCUT2D eigenvalue weighted by Gasteiger charge is 2.13. The largest absolute Gasteiger partial charge is 0.390 e. The molecule has 9 nitrogen and oxygen atoms in total. The fourth-order valence-electron chi connectivity index (χ4n) is 1.08. The van der Waals surface area contributed by atoms with Gasteiger partial charge in [0.2, 0.25) is 0 Å². The van der Waals surface area contributed by atoms with Gasteiger partial charge in [0.25, 0.3) is 0 Å². The van der Waals surface area contributed by atoms with Crippen molar-refractivity contribution in [2.24, 2.45) is 0 Å². The standard InChI is InChI=1S/C7H20N2O7P2S2/c10-7(5-8-1-3-19-17(11,12)13)6-9-2-4-20-18(14,15)16/h7-10H,1-6H2,(H2,11,12,13)(H2,14,15,16). The molecule has 122 valence electrons. The SMILES string of the molecule is O=P(O)(O)SCCNCC(O)CNCCSP(=O)(O)O. The van der Waals surface area contributed by atoms with Crippen molar-refractivity contribution in [3.8, 4) is 0 Å². The summed E-state index contributed by atoms with van der Waals surface area (Å²) in [6.07, 6.45) is -0.685. The van der Waals surface area contributed by atoms with E-state index >= 15 is 0 Å². The predicted molar refractivity (Wildman–Crippen MR) is 80.8 cm³/mol. The van der Waals surface area contributed by atoms with Crippen LogP contribution in [0.4, 0.5) is 0 Å². The number of aliphatic hydroxyl groups is 1. The maximum absolute atomic E-state index is 10.5. The smallest absolute Gasteiger partial charge is 0.384 e. The van der Waals surface area contributed by atoms with Crippen LogP contribution in [0.25, 0.3) is 0 Å². The molecule has 0 aromatic heterocycles. The van der Waals surface area contributed by atoms with Gasteiger partial charge in [0.05, 0.1) is 6.10 Å². The van der Waals surface area contributed by atoms with Gasteiger partial charge in [0, 0.05) is 37.7 Å². The highest BCUT2D eigenvalue weighted by atomic mass is 32.7. The van der Waals surface area contributed by atoms with Crippen LogP contribution in [0.1, 0.15) is 0 Å². The first kappa shape index (κ1) is 20.9. The van der Waals surface area contributed by atoms with Crippen LogP contribution in [0.2, 0.25) is 0 Å².